The highest BCUT2D eigenvalue weighted by Crippen LogP contribution is 2.38. The van der Waals surface area contributed by atoms with Crippen molar-refractivity contribution < 1.29 is 23.1 Å². The number of ether oxygens (including phenoxy) is 1. The van der Waals surface area contributed by atoms with Crippen LogP contribution in [0.2, 0.25) is 0 Å². The van der Waals surface area contributed by atoms with Crippen molar-refractivity contribution in [3.63, 3.8) is 0 Å². The normalized spacial score (nSPS) is 19.3. The van der Waals surface area contributed by atoms with Crippen LogP contribution in [0.4, 0.5) is 4.39 Å². The summed E-state index contributed by atoms with van der Waals surface area (Å²) < 4.78 is 35.4. The lowest BCUT2D eigenvalue weighted by atomic mass is 9.77. The molecule has 1 aliphatic rings. The molecule has 34 heavy (non-hydrogen) atoms. The summed E-state index contributed by atoms with van der Waals surface area (Å²) in [4.78, 5) is 8.58. The number of hydrogen-bond acceptors (Lipinski definition) is 3. The maximum atomic E-state index is 14.6. The van der Waals surface area contributed by atoms with Crippen molar-refractivity contribution in [2.24, 2.45) is 5.92 Å². The Morgan fingerprint density at radius 3 is 2.09 bits per heavy atom. The first-order valence-electron chi connectivity index (χ1n) is 13.9. The van der Waals surface area contributed by atoms with Gasteiger partial charge in [0.15, 0.2) is 11.6 Å². The summed E-state index contributed by atoms with van der Waals surface area (Å²) in [5.41, 5.74) is 1.15. The molecule has 0 aliphatic heterocycles. The van der Waals surface area contributed by atoms with Crippen LogP contribution in [0.5, 0.6) is 5.75 Å². The Morgan fingerprint density at radius 2 is 1.50 bits per heavy atom. The van der Waals surface area contributed by atoms with E-state index >= 15 is 0 Å². The first-order valence-corrected chi connectivity index (χ1v) is 15.1. The van der Waals surface area contributed by atoms with Gasteiger partial charge in [0, 0.05) is 0 Å². The van der Waals surface area contributed by atoms with Gasteiger partial charge in [-0.3, -0.25) is 4.57 Å². The number of unbranched alkanes of at least 4 members (excludes halogenated alkanes) is 10. The van der Waals surface area contributed by atoms with Gasteiger partial charge in [0.25, 0.3) is 0 Å². The van der Waals surface area contributed by atoms with Crippen LogP contribution in [0.3, 0.4) is 0 Å². The number of rotatable bonds is 19. The van der Waals surface area contributed by atoms with E-state index in [1.165, 1.54) is 77.0 Å². The molecule has 1 unspecified atom stereocenters. The van der Waals surface area contributed by atoms with Crippen LogP contribution in [-0.2, 0) is 9.09 Å². The molecular weight excluding hydrogens is 450 g/mol. The largest absolute Gasteiger partial charge is 0.491 e. The highest BCUT2D eigenvalue weighted by Gasteiger charge is 2.22. The Balaban J connectivity index is 1.50. The van der Waals surface area contributed by atoms with Gasteiger partial charge in [-0.25, -0.2) is 4.39 Å². The number of hydrogen-bond donors (Lipinski definition) is 1. The van der Waals surface area contributed by atoms with E-state index in [1.54, 1.807) is 6.07 Å². The second kappa shape index (κ2) is 18.4. The van der Waals surface area contributed by atoms with E-state index in [2.05, 4.69) is 17.5 Å². The molecule has 4 nitrogen and oxygen atoms in total. The topological polar surface area (TPSA) is 55.8 Å². The van der Waals surface area contributed by atoms with Crippen molar-refractivity contribution in [3.8, 4) is 5.75 Å². The van der Waals surface area contributed by atoms with Crippen LogP contribution in [-0.4, -0.2) is 18.1 Å². The first kappa shape index (κ1) is 29.3. The maximum absolute atomic E-state index is 14.6. The lowest BCUT2D eigenvalue weighted by Crippen LogP contribution is -2.13. The summed E-state index contributed by atoms with van der Waals surface area (Å²) in [5, 5.41) is 0. The Kier molecular flexibility index (Phi) is 15.9. The zero-order chi connectivity index (χ0) is 24.4. The minimum atomic E-state index is -2.76. The summed E-state index contributed by atoms with van der Waals surface area (Å²) in [7, 11) is -2.76. The van der Waals surface area contributed by atoms with Crippen molar-refractivity contribution in [2.45, 2.75) is 122 Å². The fraction of sp³-hybridized carbons (Fsp3) is 0.786. The molecule has 6 heteroatoms. The molecule has 0 amide bonds. The summed E-state index contributed by atoms with van der Waals surface area (Å²) in [6.45, 7) is 3.22. The molecule has 0 radical (unpaired) electrons. The standard InChI is InChI=1S/C28H48FO4P/c1-2-3-11-14-24-15-17-25(18-16-24)26-19-20-28(27(29)23-26)32-21-12-9-7-5-4-6-8-10-13-22-33-34(30)31/h19-20,23-25,34H,2-18,21-22H2,1H3,(H,30,31). The summed E-state index contributed by atoms with van der Waals surface area (Å²) >= 11 is 0. The number of benzene rings is 1. The van der Waals surface area contributed by atoms with Gasteiger partial charge in [-0.15, -0.1) is 0 Å². The Bertz CT molecular complexity index is 676. The third-order valence-corrected chi connectivity index (χ3v) is 7.71. The monoisotopic (exact) mass is 498 g/mol. The molecule has 1 atom stereocenters. The van der Waals surface area contributed by atoms with Crippen molar-refractivity contribution in [3.05, 3.63) is 29.6 Å². The van der Waals surface area contributed by atoms with Crippen molar-refractivity contribution in [1.29, 1.82) is 0 Å². The van der Waals surface area contributed by atoms with Gasteiger partial charge in [-0.2, -0.15) is 0 Å². The molecule has 0 aromatic heterocycles. The second-order valence-corrected chi connectivity index (χ2v) is 10.9. The van der Waals surface area contributed by atoms with Gasteiger partial charge < -0.3 is 14.2 Å². The van der Waals surface area contributed by atoms with Crippen LogP contribution in [0.1, 0.15) is 128 Å². The lowest BCUT2D eigenvalue weighted by molar-refractivity contribution is 0.273. The third kappa shape index (κ3) is 12.7. The molecule has 1 aromatic carbocycles. The molecule has 0 heterocycles. The predicted molar refractivity (Wildman–Crippen MR) is 139 cm³/mol. The summed E-state index contributed by atoms with van der Waals surface area (Å²) in [5.74, 6) is 1.57. The smallest absolute Gasteiger partial charge is 0.316 e. The van der Waals surface area contributed by atoms with Crippen LogP contribution in [0.15, 0.2) is 18.2 Å². The molecule has 0 bridgehead atoms. The molecule has 1 aromatic rings. The van der Waals surface area contributed by atoms with Crippen LogP contribution >= 0.6 is 8.25 Å². The van der Waals surface area contributed by atoms with E-state index < -0.39 is 8.25 Å². The van der Waals surface area contributed by atoms with Crippen molar-refractivity contribution in [1.82, 2.24) is 0 Å². The second-order valence-electron chi connectivity index (χ2n) is 10.0. The van der Waals surface area contributed by atoms with Gasteiger partial charge in [0.1, 0.15) is 0 Å². The molecule has 1 N–H and O–H groups in total. The van der Waals surface area contributed by atoms with Crippen molar-refractivity contribution >= 4 is 8.25 Å². The van der Waals surface area contributed by atoms with E-state index in [9.17, 15) is 8.96 Å². The predicted octanol–water partition coefficient (Wildman–Crippen LogP) is 8.97. The molecule has 1 aliphatic carbocycles. The Labute approximate surface area is 208 Å². The fourth-order valence-corrected chi connectivity index (χ4v) is 5.46. The Morgan fingerprint density at radius 1 is 0.882 bits per heavy atom. The summed E-state index contributed by atoms with van der Waals surface area (Å²) in [6.07, 6.45) is 20.3. The molecule has 0 saturated heterocycles. The van der Waals surface area contributed by atoms with Crippen LogP contribution < -0.4 is 4.74 Å². The molecule has 1 saturated carbocycles. The minimum Gasteiger partial charge on any atom is -0.491 e. The lowest BCUT2D eigenvalue weighted by Gasteiger charge is -2.29. The maximum Gasteiger partial charge on any atom is 0.316 e. The van der Waals surface area contributed by atoms with Gasteiger partial charge in [-0.1, -0.05) is 83.6 Å². The van der Waals surface area contributed by atoms with E-state index in [0.29, 0.717) is 24.9 Å². The molecule has 2 rings (SSSR count). The number of halogens is 1. The zero-order valence-electron chi connectivity index (χ0n) is 21.4. The van der Waals surface area contributed by atoms with E-state index in [-0.39, 0.29) is 5.82 Å². The van der Waals surface area contributed by atoms with Crippen LogP contribution in [0.25, 0.3) is 0 Å². The molecule has 196 valence electrons. The molecular formula is C28H48FO4P. The first-order chi connectivity index (χ1) is 16.6. The van der Waals surface area contributed by atoms with E-state index in [1.807, 2.05) is 6.07 Å². The SMILES string of the molecule is CCCCCC1CCC(c2ccc(OCCCCCCCCCCCO[PH](=O)O)c(F)c2)CC1. The highest BCUT2D eigenvalue weighted by molar-refractivity contribution is 7.32. The van der Waals surface area contributed by atoms with Gasteiger partial charge in [0.2, 0.25) is 0 Å². The fourth-order valence-electron chi connectivity index (χ4n) is 5.14. The zero-order valence-corrected chi connectivity index (χ0v) is 22.4. The Hall–Kier alpha value is -0.900. The van der Waals surface area contributed by atoms with Gasteiger partial charge in [0.05, 0.1) is 13.2 Å². The average Bonchev–Trinajstić information content (AvgIpc) is 2.83. The van der Waals surface area contributed by atoms with Gasteiger partial charge in [-0.05, 0) is 68.1 Å². The van der Waals surface area contributed by atoms with Gasteiger partial charge >= 0.3 is 8.25 Å². The highest BCUT2D eigenvalue weighted by atomic mass is 31.1. The molecule has 1 fully saturated rings. The third-order valence-electron chi connectivity index (χ3n) is 7.26. The minimum absolute atomic E-state index is 0.209. The van der Waals surface area contributed by atoms with E-state index in [4.69, 9.17) is 9.63 Å². The van der Waals surface area contributed by atoms with Crippen LogP contribution in [0, 0.1) is 11.7 Å². The summed E-state index contributed by atoms with van der Waals surface area (Å²) in [6, 6.07) is 5.63. The quantitative estimate of drug-likeness (QED) is 0.153. The molecule has 0 spiro atoms. The van der Waals surface area contributed by atoms with Crippen molar-refractivity contribution in [2.75, 3.05) is 13.2 Å². The average molecular weight is 499 g/mol. The van der Waals surface area contributed by atoms with E-state index in [0.717, 1.165) is 43.6 Å².